The number of rotatable bonds is 3. The average Bonchev–Trinajstić information content (AvgIpc) is 2.90. The van der Waals surface area contributed by atoms with E-state index in [0.717, 1.165) is 11.3 Å². The van der Waals surface area contributed by atoms with Gasteiger partial charge < -0.3 is 9.47 Å². The molecule has 0 aliphatic heterocycles. The summed E-state index contributed by atoms with van der Waals surface area (Å²) in [6.45, 7) is 0. The van der Waals surface area contributed by atoms with Gasteiger partial charge in [0.1, 0.15) is 0 Å². The first kappa shape index (κ1) is 11.5. The van der Waals surface area contributed by atoms with Crippen LogP contribution in [0.2, 0.25) is 0 Å². The molecule has 3 heterocycles. The van der Waals surface area contributed by atoms with Gasteiger partial charge >= 0.3 is 0 Å². The van der Waals surface area contributed by atoms with Crippen molar-refractivity contribution < 1.29 is 9.47 Å². The highest BCUT2D eigenvalue weighted by atomic mass is 16.5. The summed E-state index contributed by atoms with van der Waals surface area (Å²) in [6.07, 6.45) is 6.93. The van der Waals surface area contributed by atoms with Crippen LogP contribution in [0.1, 0.15) is 0 Å². The van der Waals surface area contributed by atoms with Crippen LogP contribution in [0.4, 0.5) is 0 Å². The van der Waals surface area contributed by atoms with Gasteiger partial charge in [0, 0.05) is 18.6 Å². The van der Waals surface area contributed by atoms with Gasteiger partial charge in [0.05, 0.1) is 31.7 Å². The lowest BCUT2D eigenvalue weighted by Gasteiger charge is -2.07. The maximum Gasteiger partial charge on any atom is 0.258 e. The standard InChI is InChI=1S/C13H12N4O2/c1-18-12-9(4-3-5-14-12)10-8-16-11-13(19-2)15-6-7-17(10)11/h3-8H,1-2H3. The third kappa shape index (κ3) is 1.77. The topological polar surface area (TPSA) is 61.5 Å². The first-order valence-electron chi connectivity index (χ1n) is 5.70. The van der Waals surface area contributed by atoms with Gasteiger partial charge in [0.25, 0.3) is 5.88 Å². The molecule has 0 atom stereocenters. The lowest BCUT2D eigenvalue weighted by Crippen LogP contribution is -1.96. The van der Waals surface area contributed by atoms with Gasteiger partial charge in [-0.05, 0) is 12.1 Å². The van der Waals surface area contributed by atoms with Crippen LogP contribution in [0, 0.1) is 0 Å². The summed E-state index contributed by atoms with van der Waals surface area (Å²) in [5, 5.41) is 0. The second-order valence-electron chi connectivity index (χ2n) is 3.83. The second kappa shape index (κ2) is 4.56. The number of imidazole rings is 1. The molecule has 0 aliphatic carbocycles. The van der Waals surface area contributed by atoms with Crippen LogP contribution >= 0.6 is 0 Å². The lowest BCUT2D eigenvalue weighted by atomic mass is 10.2. The van der Waals surface area contributed by atoms with Crippen molar-refractivity contribution in [3.63, 3.8) is 0 Å². The summed E-state index contributed by atoms with van der Waals surface area (Å²) in [7, 11) is 3.17. The van der Waals surface area contributed by atoms with Crippen molar-refractivity contribution >= 4 is 5.65 Å². The molecular weight excluding hydrogens is 244 g/mol. The SMILES string of the molecule is COc1ncccc1-c1cnc2c(OC)nccn12. The largest absolute Gasteiger partial charge is 0.481 e. The number of hydrogen-bond acceptors (Lipinski definition) is 5. The van der Waals surface area contributed by atoms with Gasteiger partial charge in [0.15, 0.2) is 0 Å². The molecule has 0 N–H and O–H groups in total. The molecule has 0 bridgehead atoms. The summed E-state index contributed by atoms with van der Waals surface area (Å²) in [4.78, 5) is 12.6. The highest BCUT2D eigenvalue weighted by Crippen LogP contribution is 2.29. The molecule has 96 valence electrons. The highest BCUT2D eigenvalue weighted by molar-refractivity contribution is 5.69. The number of nitrogens with zero attached hydrogens (tertiary/aromatic N) is 4. The van der Waals surface area contributed by atoms with Crippen LogP contribution in [0.15, 0.2) is 36.9 Å². The molecule has 0 aliphatic rings. The summed E-state index contributed by atoms with van der Waals surface area (Å²) >= 11 is 0. The number of aromatic nitrogens is 4. The fourth-order valence-electron chi connectivity index (χ4n) is 1.99. The molecule has 0 saturated heterocycles. The minimum absolute atomic E-state index is 0.483. The molecular formula is C13H12N4O2. The molecule has 0 unspecified atom stereocenters. The van der Waals surface area contributed by atoms with Crippen molar-refractivity contribution in [1.29, 1.82) is 0 Å². The molecule has 0 fully saturated rings. The fourth-order valence-corrected chi connectivity index (χ4v) is 1.99. The van der Waals surface area contributed by atoms with E-state index in [-0.39, 0.29) is 0 Å². The Morgan fingerprint density at radius 1 is 1.00 bits per heavy atom. The summed E-state index contributed by atoms with van der Waals surface area (Å²) in [5.41, 5.74) is 2.40. The van der Waals surface area contributed by atoms with E-state index in [2.05, 4.69) is 15.0 Å². The van der Waals surface area contributed by atoms with Crippen molar-refractivity contribution in [2.45, 2.75) is 0 Å². The Labute approximate surface area is 109 Å². The van der Waals surface area contributed by atoms with Crippen LogP contribution in [0.3, 0.4) is 0 Å². The van der Waals surface area contributed by atoms with Crippen LogP contribution < -0.4 is 9.47 Å². The predicted molar refractivity (Wildman–Crippen MR) is 69.3 cm³/mol. The molecule has 0 aromatic carbocycles. The Bertz CT molecular complexity index is 723. The summed E-state index contributed by atoms with van der Waals surface area (Å²) in [5.74, 6) is 1.04. The molecule has 3 rings (SSSR count). The normalized spacial score (nSPS) is 10.6. The van der Waals surface area contributed by atoms with Crippen molar-refractivity contribution in [2.24, 2.45) is 0 Å². The molecule has 6 heteroatoms. The number of ether oxygens (including phenoxy) is 2. The first-order chi connectivity index (χ1) is 9.35. The molecule has 0 saturated carbocycles. The molecule has 0 spiro atoms. The maximum atomic E-state index is 5.28. The lowest BCUT2D eigenvalue weighted by molar-refractivity contribution is 0.398. The monoisotopic (exact) mass is 256 g/mol. The number of hydrogen-bond donors (Lipinski definition) is 0. The van der Waals surface area contributed by atoms with Gasteiger partial charge in [-0.15, -0.1) is 0 Å². The number of methoxy groups -OCH3 is 2. The van der Waals surface area contributed by atoms with E-state index >= 15 is 0 Å². The molecule has 6 nitrogen and oxygen atoms in total. The summed E-state index contributed by atoms with van der Waals surface area (Å²) in [6, 6.07) is 3.79. The van der Waals surface area contributed by atoms with Crippen LogP contribution in [-0.4, -0.2) is 33.6 Å². The molecule has 19 heavy (non-hydrogen) atoms. The average molecular weight is 256 g/mol. The molecule has 0 amide bonds. The first-order valence-corrected chi connectivity index (χ1v) is 5.70. The Balaban J connectivity index is 2.26. The van der Waals surface area contributed by atoms with E-state index in [9.17, 15) is 0 Å². The quantitative estimate of drug-likeness (QED) is 0.715. The Morgan fingerprint density at radius 2 is 1.79 bits per heavy atom. The van der Waals surface area contributed by atoms with Crippen molar-refractivity contribution in [3.05, 3.63) is 36.9 Å². The van der Waals surface area contributed by atoms with Crippen LogP contribution in [-0.2, 0) is 0 Å². The minimum Gasteiger partial charge on any atom is -0.481 e. The summed E-state index contributed by atoms with van der Waals surface area (Å²) < 4.78 is 12.4. The van der Waals surface area contributed by atoms with Crippen LogP contribution in [0.25, 0.3) is 16.9 Å². The van der Waals surface area contributed by atoms with E-state index in [4.69, 9.17) is 9.47 Å². The van der Waals surface area contributed by atoms with Gasteiger partial charge in [0.2, 0.25) is 11.5 Å². The van der Waals surface area contributed by atoms with Crippen molar-refractivity contribution in [3.8, 4) is 23.0 Å². The minimum atomic E-state index is 0.483. The van der Waals surface area contributed by atoms with Crippen LogP contribution in [0.5, 0.6) is 11.8 Å². The zero-order valence-corrected chi connectivity index (χ0v) is 10.6. The maximum absolute atomic E-state index is 5.28. The third-order valence-electron chi connectivity index (χ3n) is 2.83. The highest BCUT2D eigenvalue weighted by Gasteiger charge is 2.14. The zero-order chi connectivity index (χ0) is 13.2. The van der Waals surface area contributed by atoms with Gasteiger partial charge in [-0.25, -0.2) is 15.0 Å². The van der Waals surface area contributed by atoms with E-state index in [1.54, 1.807) is 32.8 Å². The van der Waals surface area contributed by atoms with Gasteiger partial charge in [-0.3, -0.25) is 4.40 Å². The van der Waals surface area contributed by atoms with E-state index in [1.165, 1.54) is 0 Å². The zero-order valence-electron chi connectivity index (χ0n) is 10.6. The Kier molecular flexibility index (Phi) is 2.75. The van der Waals surface area contributed by atoms with E-state index < -0.39 is 0 Å². The Morgan fingerprint density at radius 3 is 2.58 bits per heavy atom. The van der Waals surface area contributed by atoms with E-state index in [0.29, 0.717) is 17.4 Å². The Hall–Kier alpha value is -2.63. The van der Waals surface area contributed by atoms with E-state index in [1.807, 2.05) is 22.7 Å². The number of fused-ring (bicyclic) bond motifs is 1. The predicted octanol–water partition coefficient (Wildman–Crippen LogP) is 1.81. The molecule has 3 aromatic heterocycles. The van der Waals surface area contributed by atoms with Crippen molar-refractivity contribution in [1.82, 2.24) is 19.4 Å². The number of pyridine rings is 1. The molecule has 0 radical (unpaired) electrons. The molecule has 3 aromatic rings. The fraction of sp³-hybridized carbons (Fsp3) is 0.154. The van der Waals surface area contributed by atoms with Gasteiger partial charge in [-0.1, -0.05) is 0 Å². The van der Waals surface area contributed by atoms with Gasteiger partial charge in [-0.2, -0.15) is 0 Å². The third-order valence-corrected chi connectivity index (χ3v) is 2.83. The smallest absolute Gasteiger partial charge is 0.258 e. The second-order valence-corrected chi connectivity index (χ2v) is 3.83. The van der Waals surface area contributed by atoms with Crippen molar-refractivity contribution in [2.75, 3.05) is 14.2 Å².